The van der Waals surface area contributed by atoms with Gasteiger partial charge in [-0.25, -0.2) is 0 Å². The van der Waals surface area contributed by atoms with Crippen LogP contribution in [0.4, 0.5) is 0 Å². The van der Waals surface area contributed by atoms with E-state index in [-0.39, 0.29) is 5.78 Å². The minimum Gasteiger partial charge on any atom is -0.466 e. The molecule has 0 aliphatic heterocycles. The van der Waals surface area contributed by atoms with Crippen LogP contribution in [0.15, 0.2) is 4.42 Å². The summed E-state index contributed by atoms with van der Waals surface area (Å²) in [5.74, 6) is 0.737. The molecule has 1 atom stereocenters. The van der Waals surface area contributed by atoms with Crippen molar-refractivity contribution in [2.45, 2.75) is 40.5 Å². The topological polar surface area (TPSA) is 54.0 Å². The van der Waals surface area contributed by atoms with Crippen LogP contribution in [-0.4, -0.2) is 5.78 Å². The van der Waals surface area contributed by atoms with Crippen LogP contribution in [0, 0.1) is 38.0 Å². The predicted octanol–water partition coefficient (Wildman–Crippen LogP) is 3.33. The van der Waals surface area contributed by atoms with Gasteiger partial charge >= 0.3 is 0 Å². The third-order valence-electron chi connectivity index (χ3n) is 2.86. The maximum atomic E-state index is 12.1. The summed E-state index contributed by atoms with van der Waals surface area (Å²) < 4.78 is 5.41. The van der Waals surface area contributed by atoms with Crippen molar-refractivity contribution in [1.29, 1.82) is 5.26 Å². The van der Waals surface area contributed by atoms with E-state index in [2.05, 4.69) is 6.07 Å². The van der Waals surface area contributed by atoms with E-state index in [4.69, 9.17) is 9.68 Å². The molecule has 1 rings (SSSR count). The Morgan fingerprint density at radius 3 is 2.38 bits per heavy atom. The third kappa shape index (κ3) is 2.16. The van der Waals surface area contributed by atoms with Crippen LogP contribution in [-0.2, 0) is 0 Å². The minimum atomic E-state index is -0.542. The van der Waals surface area contributed by atoms with E-state index in [9.17, 15) is 4.79 Å². The highest BCUT2D eigenvalue weighted by molar-refractivity contribution is 6.01. The Hall–Kier alpha value is -1.56. The molecule has 0 N–H and O–H groups in total. The summed E-state index contributed by atoms with van der Waals surface area (Å²) in [5, 5.41) is 8.98. The SMILES string of the molecule is CCCC(C#N)C(=O)c1c(C)oc(C)c1C. The van der Waals surface area contributed by atoms with Crippen LogP contribution in [0.5, 0.6) is 0 Å². The molecule has 0 aromatic carbocycles. The van der Waals surface area contributed by atoms with Crippen LogP contribution in [0.3, 0.4) is 0 Å². The standard InChI is InChI=1S/C13H17NO2/c1-5-6-11(7-14)13(15)12-8(2)9(3)16-10(12)4/h11H,5-6H2,1-4H3. The Morgan fingerprint density at radius 1 is 1.38 bits per heavy atom. The zero-order valence-electron chi connectivity index (χ0n) is 10.3. The molecule has 0 fully saturated rings. The largest absolute Gasteiger partial charge is 0.466 e. The van der Waals surface area contributed by atoms with Gasteiger partial charge in [0.1, 0.15) is 17.4 Å². The second-order valence-electron chi connectivity index (χ2n) is 4.05. The number of carbonyl (C=O) groups is 1. The van der Waals surface area contributed by atoms with E-state index in [0.717, 1.165) is 17.7 Å². The number of furan rings is 1. The molecule has 0 saturated heterocycles. The molecule has 0 aliphatic carbocycles. The zero-order valence-corrected chi connectivity index (χ0v) is 10.3. The first-order chi connectivity index (χ1) is 7.52. The molecule has 0 bridgehead atoms. The predicted molar refractivity (Wildman–Crippen MR) is 61.3 cm³/mol. The van der Waals surface area contributed by atoms with E-state index < -0.39 is 5.92 Å². The second kappa shape index (κ2) is 4.98. The maximum absolute atomic E-state index is 12.1. The smallest absolute Gasteiger partial charge is 0.183 e. The van der Waals surface area contributed by atoms with Gasteiger partial charge in [0, 0.05) is 5.56 Å². The summed E-state index contributed by atoms with van der Waals surface area (Å²) in [6.45, 7) is 7.44. The van der Waals surface area contributed by atoms with Crippen molar-refractivity contribution in [3.05, 3.63) is 22.6 Å². The van der Waals surface area contributed by atoms with Crippen molar-refractivity contribution < 1.29 is 9.21 Å². The molecule has 0 amide bonds. The van der Waals surface area contributed by atoms with E-state index in [1.54, 1.807) is 6.92 Å². The molecule has 1 heterocycles. The first-order valence-corrected chi connectivity index (χ1v) is 5.53. The zero-order chi connectivity index (χ0) is 12.3. The van der Waals surface area contributed by atoms with Gasteiger partial charge in [-0.3, -0.25) is 4.79 Å². The first kappa shape index (κ1) is 12.5. The summed E-state index contributed by atoms with van der Waals surface area (Å²) in [7, 11) is 0. The number of nitriles is 1. The summed E-state index contributed by atoms with van der Waals surface area (Å²) in [6.07, 6.45) is 1.44. The average molecular weight is 219 g/mol. The molecule has 0 aliphatic rings. The molecule has 3 heteroatoms. The Balaban J connectivity index is 3.09. The first-order valence-electron chi connectivity index (χ1n) is 5.53. The summed E-state index contributed by atoms with van der Waals surface area (Å²) >= 11 is 0. The second-order valence-corrected chi connectivity index (χ2v) is 4.05. The van der Waals surface area contributed by atoms with Gasteiger partial charge in [-0.2, -0.15) is 5.26 Å². The molecule has 86 valence electrons. The molecular formula is C13H17NO2. The molecular weight excluding hydrogens is 202 g/mol. The minimum absolute atomic E-state index is 0.101. The van der Waals surface area contributed by atoms with Crippen molar-refractivity contribution in [1.82, 2.24) is 0 Å². The number of hydrogen-bond acceptors (Lipinski definition) is 3. The quantitative estimate of drug-likeness (QED) is 0.730. The van der Waals surface area contributed by atoms with Gasteiger partial charge in [0.15, 0.2) is 5.78 Å². The fraction of sp³-hybridized carbons (Fsp3) is 0.538. The van der Waals surface area contributed by atoms with Crippen molar-refractivity contribution in [2.24, 2.45) is 5.92 Å². The van der Waals surface area contributed by atoms with Gasteiger partial charge in [0.25, 0.3) is 0 Å². The summed E-state index contributed by atoms with van der Waals surface area (Å²) in [5.41, 5.74) is 1.45. The molecule has 0 spiro atoms. The van der Waals surface area contributed by atoms with Gasteiger partial charge in [0.05, 0.1) is 11.6 Å². The van der Waals surface area contributed by atoms with Crippen molar-refractivity contribution >= 4 is 5.78 Å². The molecule has 0 radical (unpaired) electrons. The fourth-order valence-corrected chi connectivity index (χ4v) is 1.87. The third-order valence-corrected chi connectivity index (χ3v) is 2.86. The molecule has 3 nitrogen and oxygen atoms in total. The number of carbonyl (C=O) groups excluding carboxylic acids is 1. The van der Waals surface area contributed by atoms with E-state index in [1.807, 2.05) is 20.8 Å². The monoisotopic (exact) mass is 219 g/mol. The molecule has 16 heavy (non-hydrogen) atoms. The van der Waals surface area contributed by atoms with Gasteiger partial charge in [-0.15, -0.1) is 0 Å². The number of ketones is 1. The average Bonchev–Trinajstić information content (AvgIpc) is 2.49. The Bertz CT molecular complexity index is 438. The number of Topliss-reactive ketones (excluding diaryl/α,β-unsaturated/α-hetero) is 1. The number of hydrogen-bond donors (Lipinski definition) is 0. The van der Waals surface area contributed by atoms with Crippen LogP contribution >= 0.6 is 0 Å². The van der Waals surface area contributed by atoms with Crippen LogP contribution < -0.4 is 0 Å². The Labute approximate surface area is 96.1 Å². The van der Waals surface area contributed by atoms with E-state index >= 15 is 0 Å². The highest BCUT2D eigenvalue weighted by Gasteiger charge is 2.25. The lowest BCUT2D eigenvalue weighted by molar-refractivity contribution is 0.0941. The van der Waals surface area contributed by atoms with Crippen molar-refractivity contribution in [2.75, 3.05) is 0 Å². The lowest BCUT2D eigenvalue weighted by Gasteiger charge is -2.06. The number of rotatable bonds is 4. The maximum Gasteiger partial charge on any atom is 0.183 e. The highest BCUT2D eigenvalue weighted by Crippen LogP contribution is 2.25. The van der Waals surface area contributed by atoms with Crippen LogP contribution in [0.25, 0.3) is 0 Å². The van der Waals surface area contributed by atoms with Crippen molar-refractivity contribution in [3.8, 4) is 6.07 Å². The summed E-state index contributed by atoms with van der Waals surface area (Å²) in [6, 6.07) is 2.07. The molecule has 1 aromatic heterocycles. The Kier molecular flexibility index (Phi) is 3.89. The van der Waals surface area contributed by atoms with Crippen molar-refractivity contribution in [3.63, 3.8) is 0 Å². The number of nitrogens with zero attached hydrogens (tertiary/aromatic N) is 1. The van der Waals surface area contributed by atoms with Gasteiger partial charge in [-0.1, -0.05) is 13.3 Å². The molecule has 1 aromatic rings. The lowest BCUT2D eigenvalue weighted by atomic mass is 9.93. The van der Waals surface area contributed by atoms with Gasteiger partial charge < -0.3 is 4.42 Å². The van der Waals surface area contributed by atoms with Gasteiger partial charge in [0.2, 0.25) is 0 Å². The fourth-order valence-electron chi connectivity index (χ4n) is 1.87. The van der Waals surface area contributed by atoms with E-state index in [0.29, 0.717) is 17.7 Å². The Morgan fingerprint density at radius 2 is 2.00 bits per heavy atom. The normalized spacial score (nSPS) is 12.2. The van der Waals surface area contributed by atoms with Gasteiger partial charge in [-0.05, 0) is 27.2 Å². The molecule has 0 saturated carbocycles. The van der Waals surface area contributed by atoms with Crippen LogP contribution in [0.2, 0.25) is 0 Å². The summed E-state index contributed by atoms with van der Waals surface area (Å²) in [4.78, 5) is 12.1. The van der Waals surface area contributed by atoms with E-state index in [1.165, 1.54) is 0 Å². The highest BCUT2D eigenvalue weighted by atomic mass is 16.3. The lowest BCUT2D eigenvalue weighted by Crippen LogP contribution is -2.14. The molecule has 1 unspecified atom stereocenters. The van der Waals surface area contributed by atoms with Crippen LogP contribution in [0.1, 0.15) is 47.2 Å². The number of aryl methyl sites for hydroxylation is 2.